The molecule has 0 saturated carbocycles. The minimum absolute atomic E-state index is 0.0330. The number of methoxy groups -OCH3 is 3. The van der Waals surface area contributed by atoms with Crippen LogP contribution in [0.15, 0.2) is 133 Å². The summed E-state index contributed by atoms with van der Waals surface area (Å²) in [5.74, 6) is 0.122. The van der Waals surface area contributed by atoms with E-state index in [1.54, 1.807) is 21.3 Å². The highest BCUT2D eigenvalue weighted by Crippen LogP contribution is 2.38. The van der Waals surface area contributed by atoms with Crippen LogP contribution in [0.2, 0.25) is 5.04 Å². The van der Waals surface area contributed by atoms with Crippen LogP contribution in [0.25, 0.3) is 0 Å². The van der Waals surface area contributed by atoms with Crippen molar-refractivity contribution in [3.8, 4) is 0 Å². The number of hydrogen-bond donors (Lipinski definition) is 0. The Bertz CT molecular complexity index is 1630. The van der Waals surface area contributed by atoms with Gasteiger partial charge in [0.1, 0.15) is 24.4 Å². The molecule has 1 fully saturated rings. The Morgan fingerprint density at radius 3 is 1.57 bits per heavy atom. The van der Waals surface area contributed by atoms with E-state index in [0.717, 1.165) is 11.1 Å². The zero-order valence-electron chi connectivity index (χ0n) is 33.3. The predicted octanol–water partition coefficient (Wildman–Crippen LogP) is 7.96. The smallest absolute Gasteiger partial charge is 0.261 e. The highest BCUT2D eigenvalue weighted by Gasteiger charge is 2.51. The minimum Gasteiger partial charge on any atom is -0.407 e. The lowest BCUT2D eigenvalue weighted by atomic mass is 9.91. The molecule has 4 aromatic rings. The molecule has 0 bridgehead atoms. The predicted molar refractivity (Wildman–Crippen MR) is 218 cm³/mol. The van der Waals surface area contributed by atoms with Crippen molar-refractivity contribution in [2.45, 2.75) is 89.7 Å². The molecule has 0 aliphatic carbocycles. The van der Waals surface area contributed by atoms with E-state index in [2.05, 4.69) is 120 Å². The minimum atomic E-state index is -2.70. The SMILES string of the molecule is CO[C@H]1O[C@H](/C=C\[C@H](C)[C@H](OC)[C@@H](C)CO[Si](c2ccccc2)(c2ccccc2)C(C)(C)C)[C@H](OC)[C@H](OCc2ccccc2)[C@H]1OCc1ccccc1. The normalized spacial score (nSPS) is 22.6. The van der Waals surface area contributed by atoms with E-state index in [9.17, 15) is 0 Å². The number of hydrogen-bond acceptors (Lipinski definition) is 7. The lowest BCUT2D eigenvalue weighted by Gasteiger charge is -2.44. The molecule has 8 atom stereocenters. The zero-order valence-corrected chi connectivity index (χ0v) is 34.3. The van der Waals surface area contributed by atoms with Crippen LogP contribution in [0.1, 0.15) is 45.7 Å². The fourth-order valence-corrected chi connectivity index (χ4v) is 12.5. The Morgan fingerprint density at radius 1 is 0.648 bits per heavy atom. The van der Waals surface area contributed by atoms with Gasteiger partial charge in [0, 0.05) is 39.8 Å². The van der Waals surface area contributed by atoms with Gasteiger partial charge in [-0.3, -0.25) is 0 Å². The first kappa shape index (κ1) is 41.7. The fourth-order valence-electron chi connectivity index (χ4n) is 7.82. The Hall–Kier alpha value is -3.44. The van der Waals surface area contributed by atoms with Gasteiger partial charge in [-0.05, 0) is 26.5 Å². The van der Waals surface area contributed by atoms with Crippen LogP contribution < -0.4 is 10.4 Å². The summed E-state index contributed by atoms with van der Waals surface area (Å²) in [4.78, 5) is 0. The molecule has 1 heterocycles. The number of rotatable bonds is 18. The summed E-state index contributed by atoms with van der Waals surface area (Å²) < 4.78 is 45.3. The van der Waals surface area contributed by atoms with Crippen molar-refractivity contribution in [1.82, 2.24) is 0 Å². The van der Waals surface area contributed by atoms with Gasteiger partial charge in [0.2, 0.25) is 0 Å². The van der Waals surface area contributed by atoms with E-state index in [4.69, 9.17) is 32.8 Å². The van der Waals surface area contributed by atoms with Gasteiger partial charge in [0.05, 0.1) is 19.3 Å². The molecule has 1 saturated heterocycles. The second-order valence-corrected chi connectivity index (χ2v) is 19.6. The largest absolute Gasteiger partial charge is 0.407 e. The van der Waals surface area contributed by atoms with E-state index < -0.39 is 39.0 Å². The van der Waals surface area contributed by atoms with Crippen LogP contribution in [-0.2, 0) is 46.1 Å². The maximum atomic E-state index is 7.31. The van der Waals surface area contributed by atoms with Crippen molar-refractivity contribution in [3.05, 3.63) is 145 Å². The molecule has 0 N–H and O–H groups in total. The zero-order chi connectivity index (χ0) is 38.6. The van der Waals surface area contributed by atoms with Crippen molar-refractivity contribution in [2.75, 3.05) is 27.9 Å². The third-order valence-corrected chi connectivity index (χ3v) is 15.5. The molecule has 0 unspecified atom stereocenters. The van der Waals surface area contributed by atoms with Crippen LogP contribution in [0.5, 0.6) is 0 Å². The third kappa shape index (κ3) is 10.0. The Kier molecular flexibility index (Phi) is 15.4. The van der Waals surface area contributed by atoms with Crippen molar-refractivity contribution < 1.29 is 32.8 Å². The molecule has 1 aliphatic rings. The van der Waals surface area contributed by atoms with Crippen LogP contribution in [0.3, 0.4) is 0 Å². The quantitative estimate of drug-likeness (QED) is 0.0755. The fraction of sp³-hybridized carbons (Fsp3) is 0.435. The first-order valence-corrected chi connectivity index (χ1v) is 21.0. The highest BCUT2D eigenvalue weighted by molar-refractivity contribution is 6.99. The summed E-state index contributed by atoms with van der Waals surface area (Å²) in [6, 6.07) is 41.7. The Balaban J connectivity index is 1.35. The summed E-state index contributed by atoms with van der Waals surface area (Å²) in [7, 11) is 2.42. The van der Waals surface area contributed by atoms with Crippen molar-refractivity contribution >= 4 is 18.7 Å². The first-order valence-electron chi connectivity index (χ1n) is 19.1. The van der Waals surface area contributed by atoms with Crippen molar-refractivity contribution in [1.29, 1.82) is 0 Å². The molecule has 0 radical (unpaired) electrons. The molecule has 4 aromatic carbocycles. The molecule has 0 amide bonds. The topological polar surface area (TPSA) is 64.6 Å². The van der Waals surface area contributed by atoms with E-state index >= 15 is 0 Å². The van der Waals surface area contributed by atoms with Gasteiger partial charge in [-0.2, -0.15) is 0 Å². The summed E-state index contributed by atoms with van der Waals surface area (Å²) >= 11 is 0. The molecule has 8 heteroatoms. The second-order valence-electron chi connectivity index (χ2n) is 15.3. The Morgan fingerprint density at radius 2 is 1.13 bits per heavy atom. The summed E-state index contributed by atoms with van der Waals surface area (Å²) in [6.45, 7) is 12.6. The highest BCUT2D eigenvalue weighted by atomic mass is 28.4. The average molecular weight is 753 g/mol. The number of ether oxygens (including phenoxy) is 6. The van der Waals surface area contributed by atoms with Gasteiger partial charge in [-0.1, -0.05) is 168 Å². The van der Waals surface area contributed by atoms with Crippen LogP contribution in [0.4, 0.5) is 0 Å². The monoisotopic (exact) mass is 752 g/mol. The van der Waals surface area contributed by atoms with Gasteiger partial charge in [-0.25, -0.2) is 0 Å². The van der Waals surface area contributed by atoms with E-state index in [1.807, 2.05) is 48.5 Å². The Labute approximate surface area is 324 Å². The first-order chi connectivity index (χ1) is 26.1. The van der Waals surface area contributed by atoms with E-state index in [-0.39, 0.29) is 23.0 Å². The summed E-state index contributed by atoms with van der Waals surface area (Å²) in [6.07, 6.45) is 1.52. The number of benzene rings is 4. The van der Waals surface area contributed by atoms with Gasteiger partial charge in [0.15, 0.2) is 6.29 Å². The summed E-state index contributed by atoms with van der Waals surface area (Å²) in [5.41, 5.74) is 2.12. The molecular weight excluding hydrogens is 693 g/mol. The van der Waals surface area contributed by atoms with Gasteiger partial charge < -0.3 is 32.8 Å². The average Bonchev–Trinajstić information content (AvgIpc) is 3.19. The van der Waals surface area contributed by atoms with Gasteiger partial charge >= 0.3 is 0 Å². The molecule has 5 rings (SSSR count). The van der Waals surface area contributed by atoms with Crippen LogP contribution >= 0.6 is 0 Å². The van der Waals surface area contributed by atoms with Crippen molar-refractivity contribution in [3.63, 3.8) is 0 Å². The molecule has 54 heavy (non-hydrogen) atoms. The van der Waals surface area contributed by atoms with Gasteiger partial charge in [-0.15, -0.1) is 0 Å². The van der Waals surface area contributed by atoms with E-state index in [1.165, 1.54) is 10.4 Å². The lowest BCUT2D eigenvalue weighted by molar-refractivity contribution is -0.305. The lowest BCUT2D eigenvalue weighted by Crippen LogP contribution is -2.67. The second kappa shape index (κ2) is 19.9. The maximum Gasteiger partial charge on any atom is 0.261 e. The maximum absolute atomic E-state index is 7.31. The van der Waals surface area contributed by atoms with Crippen molar-refractivity contribution in [2.24, 2.45) is 11.8 Å². The van der Waals surface area contributed by atoms with Crippen LogP contribution in [-0.4, -0.2) is 73.1 Å². The van der Waals surface area contributed by atoms with Crippen LogP contribution in [0, 0.1) is 11.8 Å². The van der Waals surface area contributed by atoms with Gasteiger partial charge in [0.25, 0.3) is 8.32 Å². The molecule has 0 aromatic heterocycles. The molecular formula is C46H60O7Si. The molecule has 7 nitrogen and oxygen atoms in total. The molecule has 0 spiro atoms. The standard InChI is InChI=1S/C46H60O7Si/c1-34(41(47-6)35(2)31-52-54(46(3,4)5,38-25-17-11-18-26-38)39-27-19-12-20-28-39)29-30-40-42(48-7)43(50-32-36-21-13-9-14-22-36)44(45(49-8)53-40)51-33-37-23-15-10-16-24-37/h9-30,34-35,40-45H,31-33H2,1-8H3/b30-29-/t34-,35-,40+,41-,42-,43-,44+,45-/m0/s1. The third-order valence-electron chi connectivity index (χ3n) is 10.5. The van der Waals surface area contributed by atoms with E-state index in [0.29, 0.717) is 19.8 Å². The molecule has 290 valence electrons. The summed E-state index contributed by atoms with van der Waals surface area (Å²) in [5, 5.41) is 2.41. The molecule has 1 aliphatic heterocycles.